The van der Waals surface area contributed by atoms with Crippen LogP contribution in [0.25, 0.3) is 5.57 Å². The lowest BCUT2D eigenvalue weighted by atomic mass is 9.63. The van der Waals surface area contributed by atoms with Crippen molar-refractivity contribution in [3.05, 3.63) is 48.1 Å². The molecule has 1 aliphatic rings. The van der Waals surface area contributed by atoms with Gasteiger partial charge in [0.05, 0.1) is 0 Å². The highest BCUT2D eigenvalue weighted by molar-refractivity contribution is 5.80. The molecule has 0 aromatic heterocycles. The molecule has 0 fully saturated rings. The Bertz CT molecular complexity index is 528. The summed E-state index contributed by atoms with van der Waals surface area (Å²) in [6.45, 7) is 8.74. The summed E-state index contributed by atoms with van der Waals surface area (Å²) < 4.78 is 0. The maximum absolute atomic E-state index is 9.46. The van der Waals surface area contributed by atoms with E-state index in [0.29, 0.717) is 5.92 Å². The van der Waals surface area contributed by atoms with Gasteiger partial charge in [0.15, 0.2) is 0 Å². The average Bonchev–Trinajstić information content (AvgIpc) is 2.42. The lowest BCUT2D eigenvalue weighted by Crippen LogP contribution is -2.30. The number of nitrogen functional groups attached to an aromatic ring is 1. The van der Waals surface area contributed by atoms with Gasteiger partial charge in [0.25, 0.3) is 0 Å². The first-order chi connectivity index (χ1) is 9.51. The molecule has 1 aliphatic carbocycles. The Labute approximate surface area is 122 Å². The number of nitrogens with two attached hydrogens (primary N) is 1. The van der Waals surface area contributed by atoms with Crippen LogP contribution in [0.1, 0.15) is 38.7 Å². The van der Waals surface area contributed by atoms with Gasteiger partial charge in [-0.25, -0.2) is 0 Å². The molecule has 0 saturated carbocycles. The van der Waals surface area contributed by atoms with Gasteiger partial charge in [0.2, 0.25) is 0 Å². The van der Waals surface area contributed by atoms with Gasteiger partial charge in [-0.3, -0.25) is 0 Å². The van der Waals surface area contributed by atoms with Crippen molar-refractivity contribution in [3.63, 3.8) is 0 Å². The number of hydrogen-bond donors (Lipinski definition) is 2. The molecule has 0 bridgehead atoms. The van der Waals surface area contributed by atoms with Crippen molar-refractivity contribution in [2.45, 2.75) is 33.1 Å². The third-order valence-electron chi connectivity index (χ3n) is 4.59. The van der Waals surface area contributed by atoms with Gasteiger partial charge in [-0.2, -0.15) is 0 Å². The topological polar surface area (TPSA) is 46.2 Å². The fourth-order valence-corrected chi connectivity index (χ4v) is 3.36. The number of aliphatic hydroxyl groups is 1. The molecule has 2 nitrogen and oxygen atoms in total. The highest BCUT2D eigenvalue weighted by Crippen LogP contribution is 2.50. The van der Waals surface area contributed by atoms with Gasteiger partial charge in [-0.05, 0) is 47.8 Å². The number of rotatable bonds is 4. The van der Waals surface area contributed by atoms with Crippen LogP contribution < -0.4 is 5.73 Å². The summed E-state index contributed by atoms with van der Waals surface area (Å²) in [5.74, 6) is 0.318. The molecule has 1 aromatic rings. The first kappa shape index (κ1) is 14.9. The first-order valence-corrected chi connectivity index (χ1v) is 7.32. The standard InChI is InChI=1S/C18H25NO/c1-4-13-9-11-18(2,3)15(10-12-20)17(13)14-7-5-6-8-16(14)19/h4-8,15,20H,1,9-12,19H2,2-3H3. The molecule has 0 spiro atoms. The molecule has 1 unspecified atom stereocenters. The van der Waals surface area contributed by atoms with Gasteiger partial charge in [-0.1, -0.05) is 44.7 Å². The van der Waals surface area contributed by atoms with Gasteiger partial charge in [0.1, 0.15) is 0 Å². The van der Waals surface area contributed by atoms with Gasteiger partial charge in [0, 0.05) is 17.9 Å². The molecule has 108 valence electrons. The average molecular weight is 271 g/mol. The Kier molecular flexibility index (Phi) is 4.34. The van der Waals surface area contributed by atoms with E-state index in [2.05, 4.69) is 26.5 Å². The molecule has 2 rings (SSSR count). The smallest absolute Gasteiger partial charge is 0.0437 e. The number of aliphatic hydroxyl groups excluding tert-OH is 1. The first-order valence-electron chi connectivity index (χ1n) is 7.32. The fourth-order valence-electron chi connectivity index (χ4n) is 3.36. The Hall–Kier alpha value is -1.54. The molecule has 0 radical (unpaired) electrons. The Morgan fingerprint density at radius 2 is 2.10 bits per heavy atom. The summed E-state index contributed by atoms with van der Waals surface area (Å²) in [5.41, 5.74) is 10.8. The van der Waals surface area contributed by atoms with Crippen molar-refractivity contribution in [3.8, 4) is 0 Å². The number of para-hydroxylation sites is 1. The molecule has 0 amide bonds. The van der Waals surface area contributed by atoms with E-state index in [1.54, 1.807) is 0 Å². The normalized spacial score (nSPS) is 21.9. The van der Waals surface area contributed by atoms with E-state index in [0.717, 1.165) is 30.5 Å². The predicted molar refractivity (Wildman–Crippen MR) is 86.2 cm³/mol. The quantitative estimate of drug-likeness (QED) is 0.812. The minimum Gasteiger partial charge on any atom is -0.398 e. The van der Waals surface area contributed by atoms with Crippen molar-refractivity contribution in [2.24, 2.45) is 11.3 Å². The van der Waals surface area contributed by atoms with E-state index >= 15 is 0 Å². The molecular weight excluding hydrogens is 246 g/mol. The molecule has 0 saturated heterocycles. The molecule has 2 heteroatoms. The second-order valence-electron chi connectivity index (χ2n) is 6.28. The fraction of sp³-hybridized carbons (Fsp3) is 0.444. The molecule has 0 aliphatic heterocycles. The van der Waals surface area contributed by atoms with Crippen LogP contribution in [-0.4, -0.2) is 11.7 Å². The summed E-state index contributed by atoms with van der Waals surface area (Å²) in [7, 11) is 0. The predicted octanol–water partition coefficient (Wildman–Crippen LogP) is 4.03. The Morgan fingerprint density at radius 1 is 1.40 bits per heavy atom. The monoisotopic (exact) mass is 271 g/mol. The summed E-state index contributed by atoms with van der Waals surface area (Å²) in [4.78, 5) is 0. The largest absolute Gasteiger partial charge is 0.398 e. The number of anilines is 1. The maximum Gasteiger partial charge on any atom is 0.0437 e. The van der Waals surface area contributed by atoms with Crippen LogP contribution in [0.5, 0.6) is 0 Å². The van der Waals surface area contributed by atoms with Crippen molar-refractivity contribution >= 4 is 11.3 Å². The third-order valence-corrected chi connectivity index (χ3v) is 4.59. The second kappa shape index (κ2) is 5.84. The van der Waals surface area contributed by atoms with E-state index in [1.165, 1.54) is 11.1 Å². The number of benzene rings is 1. The molecule has 1 atom stereocenters. The van der Waals surface area contributed by atoms with Gasteiger partial charge in [-0.15, -0.1) is 0 Å². The summed E-state index contributed by atoms with van der Waals surface area (Å²) >= 11 is 0. The zero-order chi connectivity index (χ0) is 14.8. The zero-order valence-corrected chi connectivity index (χ0v) is 12.5. The van der Waals surface area contributed by atoms with Gasteiger partial charge < -0.3 is 10.8 Å². The van der Waals surface area contributed by atoms with Crippen LogP contribution in [0.3, 0.4) is 0 Å². The highest BCUT2D eigenvalue weighted by Gasteiger charge is 2.37. The van der Waals surface area contributed by atoms with Crippen LogP contribution in [0.4, 0.5) is 5.69 Å². The van der Waals surface area contributed by atoms with Crippen LogP contribution in [-0.2, 0) is 0 Å². The van der Waals surface area contributed by atoms with Crippen LogP contribution in [0.15, 0.2) is 42.5 Å². The Morgan fingerprint density at radius 3 is 2.70 bits per heavy atom. The summed E-state index contributed by atoms with van der Waals surface area (Å²) in [5, 5.41) is 9.46. The molecule has 20 heavy (non-hydrogen) atoms. The van der Waals surface area contributed by atoms with E-state index in [9.17, 15) is 5.11 Å². The SMILES string of the molecule is C=CC1=C(c2ccccc2N)C(CCO)C(C)(C)CC1. The summed E-state index contributed by atoms with van der Waals surface area (Å²) in [6, 6.07) is 8.01. The van der Waals surface area contributed by atoms with Crippen LogP contribution in [0.2, 0.25) is 0 Å². The van der Waals surface area contributed by atoms with Crippen LogP contribution in [0, 0.1) is 11.3 Å². The van der Waals surface area contributed by atoms with Gasteiger partial charge >= 0.3 is 0 Å². The van der Waals surface area contributed by atoms with Crippen LogP contribution >= 0.6 is 0 Å². The molecular formula is C18H25NO. The van der Waals surface area contributed by atoms with Crippen molar-refractivity contribution < 1.29 is 5.11 Å². The minimum atomic E-state index is 0.173. The van der Waals surface area contributed by atoms with E-state index in [1.807, 2.05) is 24.3 Å². The van der Waals surface area contributed by atoms with E-state index < -0.39 is 0 Å². The van der Waals surface area contributed by atoms with Crippen molar-refractivity contribution in [1.29, 1.82) is 0 Å². The molecule has 0 heterocycles. The minimum absolute atomic E-state index is 0.173. The lowest BCUT2D eigenvalue weighted by Gasteiger charge is -2.41. The molecule has 1 aromatic carbocycles. The van der Waals surface area contributed by atoms with E-state index in [4.69, 9.17) is 5.73 Å². The zero-order valence-electron chi connectivity index (χ0n) is 12.5. The lowest BCUT2D eigenvalue weighted by molar-refractivity contribution is 0.181. The Balaban J connectivity index is 2.60. The second-order valence-corrected chi connectivity index (χ2v) is 6.28. The number of hydrogen-bond acceptors (Lipinski definition) is 2. The number of allylic oxidation sites excluding steroid dienone is 3. The third kappa shape index (κ3) is 2.66. The maximum atomic E-state index is 9.46. The highest BCUT2D eigenvalue weighted by atomic mass is 16.3. The van der Waals surface area contributed by atoms with E-state index in [-0.39, 0.29) is 12.0 Å². The van der Waals surface area contributed by atoms with Crippen molar-refractivity contribution in [1.82, 2.24) is 0 Å². The molecule has 3 N–H and O–H groups in total. The summed E-state index contributed by atoms with van der Waals surface area (Å²) in [6.07, 6.45) is 4.88. The van der Waals surface area contributed by atoms with Crippen molar-refractivity contribution in [2.75, 3.05) is 12.3 Å².